The molecule has 2 aromatic rings. The van der Waals surface area contributed by atoms with Crippen molar-refractivity contribution in [3.05, 3.63) is 59.1 Å². The second-order valence-electron chi connectivity index (χ2n) is 12.5. The number of nitrogens with zero attached hydrogens (tertiary/aromatic N) is 3. The predicted molar refractivity (Wildman–Crippen MR) is 151 cm³/mol. The van der Waals surface area contributed by atoms with Gasteiger partial charge < -0.3 is 15.1 Å². The number of urea groups is 1. The summed E-state index contributed by atoms with van der Waals surface area (Å²) in [4.78, 5) is 32.2. The molecule has 4 saturated carbocycles. The number of piperazine rings is 1. The number of amides is 3. The van der Waals surface area contributed by atoms with Crippen molar-refractivity contribution >= 4 is 34.9 Å². The zero-order valence-electron chi connectivity index (χ0n) is 21.9. The SMILES string of the molecule is O=C(Nc1ccc(C23CC4CC(CC(C4)C2)C3)cc1Cl)N1CCN(C2CCN(c3ccccc3)C2=O)CC1. The Labute approximate surface area is 230 Å². The van der Waals surface area contributed by atoms with Crippen LogP contribution in [0, 0.1) is 17.8 Å². The van der Waals surface area contributed by atoms with Crippen molar-refractivity contribution in [3.63, 3.8) is 0 Å². The van der Waals surface area contributed by atoms with E-state index in [4.69, 9.17) is 11.6 Å². The molecular weight excluding hydrogens is 496 g/mol. The molecule has 0 spiro atoms. The van der Waals surface area contributed by atoms with Crippen molar-refractivity contribution < 1.29 is 9.59 Å². The van der Waals surface area contributed by atoms with Gasteiger partial charge in [0.2, 0.25) is 5.91 Å². The van der Waals surface area contributed by atoms with E-state index in [0.717, 1.165) is 36.4 Å². The quantitative estimate of drug-likeness (QED) is 0.544. The van der Waals surface area contributed by atoms with Crippen molar-refractivity contribution in [1.29, 1.82) is 0 Å². The Morgan fingerprint density at radius 2 is 1.53 bits per heavy atom. The Hall–Kier alpha value is -2.57. The average molecular weight is 533 g/mol. The highest BCUT2D eigenvalue weighted by molar-refractivity contribution is 6.33. The van der Waals surface area contributed by atoms with Gasteiger partial charge in [-0.05, 0) is 97.9 Å². The summed E-state index contributed by atoms with van der Waals surface area (Å²) in [6, 6.07) is 16.0. The van der Waals surface area contributed by atoms with Crippen LogP contribution in [0.4, 0.5) is 16.2 Å². The number of nitrogens with one attached hydrogen (secondary N) is 1. The Balaban J connectivity index is 0.959. The fraction of sp³-hybridized carbons (Fsp3) is 0.548. The number of carbonyl (C=O) groups is 2. The Morgan fingerprint density at radius 3 is 2.16 bits per heavy atom. The molecule has 6 nitrogen and oxygen atoms in total. The zero-order valence-corrected chi connectivity index (χ0v) is 22.7. The summed E-state index contributed by atoms with van der Waals surface area (Å²) in [6.45, 7) is 3.34. The van der Waals surface area contributed by atoms with Gasteiger partial charge in [0.15, 0.2) is 0 Å². The molecule has 1 N–H and O–H groups in total. The molecule has 8 rings (SSSR count). The summed E-state index contributed by atoms with van der Waals surface area (Å²) in [5, 5.41) is 3.71. The highest BCUT2D eigenvalue weighted by Crippen LogP contribution is 2.61. The van der Waals surface area contributed by atoms with Gasteiger partial charge in [-0.15, -0.1) is 0 Å². The van der Waals surface area contributed by atoms with Crippen molar-refractivity contribution in [3.8, 4) is 0 Å². The first kappa shape index (κ1) is 24.5. The molecule has 2 aliphatic heterocycles. The van der Waals surface area contributed by atoms with Crippen LogP contribution in [0.5, 0.6) is 0 Å². The number of anilines is 2. The smallest absolute Gasteiger partial charge is 0.321 e. The van der Waals surface area contributed by atoms with Crippen LogP contribution in [0.2, 0.25) is 5.02 Å². The third kappa shape index (κ3) is 4.30. The molecule has 0 aromatic heterocycles. The highest BCUT2D eigenvalue weighted by atomic mass is 35.5. The lowest BCUT2D eigenvalue weighted by atomic mass is 9.48. The lowest BCUT2D eigenvalue weighted by Crippen LogP contribution is -2.54. The van der Waals surface area contributed by atoms with E-state index in [9.17, 15) is 9.59 Å². The summed E-state index contributed by atoms with van der Waals surface area (Å²) in [5.41, 5.74) is 3.32. The van der Waals surface area contributed by atoms with Gasteiger partial charge in [-0.25, -0.2) is 4.79 Å². The second-order valence-corrected chi connectivity index (χ2v) is 12.9. The lowest BCUT2D eigenvalue weighted by Gasteiger charge is -2.57. The molecule has 7 heteroatoms. The lowest BCUT2D eigenvalue weighted by molar-refractivity contribution is -0.122. The van der Waals surface area contributed by atoms with Gasteiger partial charge in [0.1, 0.15) is 0 Å². The third-order valence-electron chi connectivity index (χ3n) is 10.1. The van der Waals surface area contributed by atoms with Crippen molar-refractivity contribution in [2.24, 2.45) is 17.8 Å². The van der Waals surface area contributed by atoms with Crippen molar-refractivity contribution in [1.82, 2.24) is 9.80 Å². The van der Waals surface area contributed by atoms with Gasteiger partial charge in [0.05, 0.1) is 16.8 Å². The number of benzene rings is 2. The minimum Gasteiger partial charge on any atom is -0.322 e. The van der Waals surface area contributed by atoms with Gasteiger partial charge in [0, 0.05) is 38.4 Å². The molecule has 6 fully saturated rings. The topological polar surface area (TPSA) is 55.9 Å². The van der Waals surface area contributed by atoms with E-state index < -0.39 is 0 Å². The zero-order chi connectivity index (χ0) is 25.9. The number of carbonyl (C=O) groups excluding carboxylic acids is 2. The van der Waals surface area contributed by atoms with E-state index in [-0.39, 0.29) is 18.0 Å². The van der Waals surface area contributed by atoms with E-state index in [1.54, 1.807) is 0 Å². The Morgan fingerprint density at radius 1 is 0.868 bits per heavy atom. The average Bonchev–Trinajstić information content (AvgIpc) is 3.30. The number of halogens is 1. The normalized spacial score (nSPS) is 32.7. The maximum atomic E-state index is 13.1. The number of para-hydroxylation sites is 1. The van der Waals surface area contributed by atoms with E-state index in [2.05, 4.69) is 22.3 Å². The molecule has 38 heavy (non-hydrogen) atoms. The standard InChI is InChI=1S/C31H37ClN4O2/c32-26-17-24(31-18-21-14-22(19-31)16-23(15-21)20-31)6-7-27(26)33-30(38)35-12-10-34(11-13-35)28-8-9-36(29(28)37)25-4-2-1-3-5-25/h1-7,17,21-23,28H,8-16,18-20H2,(H,33,38). The van der Waals surface area contributed by atoms with Gasteiger partial charge in [-0.1, -0.05) is 35.9 Å². The molecular formula is C31H37ClN4O2. The van der Waals surface area contributed by atoms with E-state index in [0.29, 0.717) is 42.3 Å². The molecule has 200 valence electrons. The number of hydrogen-bond acceptors (Lipinski definition) is 3. The first-order valence-corrected chi connectivity index (χ1v) is 14.8. The van der Waals surface area contributed by atoms with E-state index in [1.807, 2.05) is 46.2 Å². The van der Waals surface area contributed by atoms with E-state index in [1.165, 1.54) is 44.1 Å². The molecule has 4 aliphatic carbocycles. The number of hydrogen-bond donors (Lipinski definition) is 1. The van der Waals surface area contributed by atoms with Crippen LogP contribution in [0.1, 0.15) is 50.5 Å². The molecule has 6 aliphatic rings. The van der Waals surface area contributed by atoms with Gasteiger partial charge in [0.25, 0.3) is 0 Å². The van der Waals surface area contributed by atoms with Gasteiger partial charge in [-0.3, -0.25) is 9.69 Å². The molecule has 4 bridgehead atoms. The number of rotatable bonds is 4. The van der Waals surface area contributed by atoms with Crippen LogP contribution in [-0.2, 0) is 10.2 Å². The molecule has 3 amide bonds. The maximum absolute atomic E-state index is 13.1. The summed E-state index contributed by atoms with van der Waals surface area (Å²) >= 11 is 6.76. The fourth-order valence-electron chi connectivity index (χ4n) is 8.71. The highest BCUT2D eigenvalue weighted by Gasteiger charge is 2.51. The van der Waals surface area contributed by atoms with Crippen LogP contribution < -0.4 is 10.2 Å². The first-order chi connectivity index (χ1) is 18.5. The van der Waals surface area contributed by atoms with Crippen LogP contribution in [0.3, 0.4) is 0 Å². The monoisotopic (exact) mass is 532 g/mol. The van der Waals surface area contributed by atoms with Gasteiger partial charge >= 0.3 is 6.03 Å². The third-order valence-corrected chi connectivity index (χ3v) is 10.5. The molecule has 2 aromatic carbocycles. The molecule has 1 unspecified atom stereocenters. The molecule has 0 radical (unpaired) electrons. The van der Waals surface area contributed by atoms with Crippen molar-refractivity contribution in [2.45, 2.75) is 56.4 Å². The summed E-state index contributed by atoms with van der Waals surface area (Å²) in [7, 11) is 0. The molecule has 2 heterocycles. The molecule has 1 atom stereocenters. The summed E-state index contributed by atoms with van der Waals surface area (Å²) in [6.07, 6.45) is 9.01. The minimum absolute atomic E-state index is 0.105. The van der Waals surface area contributed by atoms with Crippen LogP contribution in [-0.4, -0.2) is 60.5 Å². The largest absolute Gasteiger partial charge is 0.322 e. The van der Waals surface area contributed by atoms with Crippen LogP contribution >= 0.6 is 11.6 Å². The summed E-state index contributed by atoms with van der Waals surface area (Å²) < 4.78 is 0. The molecule has 2 saturated heterocycles. The van der Waals surface area contributed by atoms with Crippen LogP contribution in [0.15, 0.2) is 48.5 Å². The minimum atomic E-state index is -0.113. The predicted octanol–water partition coefficient (Wildman–Crippen LogP) is 5.76. The van der Waals surface area contributed by atoms with Gasteiger partial charge in [-0.2, -0.15) is 0 Å². The van der Waals surface area contributed by atoms with Crippen molar-refractivity contribution in [2.75, 3.05) is 42.9 Å². The Kier molecular flexibility index (Phi) is 6.16. The van der Waals surface area contributed by atoms with E-state index >= 15 is 0 Å². The second kappa shape index (κ2) is 9.56. The maximum Gasteiger partial charge on any atom is 0.321 e. The Bertz CT molecular complexity index is 1190. The summed E-state index contributed by atoms with van der Waals surface area (Å²) in [5.74, 6) is 2.83. The first-order valence-electron chi connectivity index (χ1n) is 14.4. The fourth-order valence-corrected chi connectivity index (χ4v) is 8.94. The van der Waals surface area contributed by atoms with Crippen LogP contribution in [0.25, 0.3) is 0 Å².